The summed E-state index contributed by atoms with van der Waals surface area (Å²) in [6, 6.07) is 9.06. The number of carbonyl (C=O) groups is 4. The quantitative estimate of drug-likeness (QED) is 0.117. The van der Waals surface area contributed by atoms with Crippen LogP contribution in [0.3, 0.4) is 0 Å². The molecule has 0 N–H and O–H groups in total. The zero-order chi connectivity index (χ0) is 33.8. The number of para-hydroxylation sites is 1. The first-order chi connectivity index (χ1) is 20.6. The summed E-state index contributed by atoms with van der Waals surface area (Å²) in [5, 5.41) is -0.160. The van der Waals surface area contributed by atoms with Crippen LogP contribution in [-0.2, 0) is 37.8 Å². The smallest absolute Gasteiger partial charge is 0.322 e. The van der Waals surface area contributed by atoms with Gasteiger partial charge in [0, 0.05) is 0 Å². The van der Waals surface area contributed by atoms with Crippen LogP contribution in [0.4, 0.5) is 0 Å². The van der Waals surface area contributed by atoms with Crippen LogP contribution in [0.25, 0.3) is 0 Å². The summed E-state index contributed by atoms with van der Waals surface area (Å²) >= 11 is 6.60. The van der Waals surface area contributed by atoms with Gasteiger partial charge in [0.25, 0.3) is 0 Å². The van der Waals surface area contributed by atoms with Gasteiger partial charge in [-0.2, -0.15) is 0 Å². The van der Waals surface area contributed by atoms with Crippen LogP contribution in [0.5, 0.6) is 5.75 Å². The summed E-state index contributed by atoms with van der Waals surface area (Å²) in [6.07, 6.45) is 1.67. The Morgan fingerprint density at radius 1 is 0.889 bits per heavy atom. The number of rotatable bonds is 12. The highest BCUT2D eigenvalue weighted by Crippen LogP contribution is 2.61. The van der Waals surface area contributed by atoms with Crippen molar-refractivity contribution in [3.05, 3.63) is 42.2 Å². The lowest BCUT2D eigenvalue weighted by Gasteiger charge is -2.40. The first kappa shape index (κ1) is 35.8. The molecular weight excluding hydrogens is 730 g/mol. The molecule has 0 radical (unpaired) electrons. The van der Waals surface area contributed by atoms with Gasteiger partial charge in [0.1, 0.15) is 39.0 Å². The Kier molecular flexibility index (Phi) is 9.69. The number of amides is 2. The number of ether oxygens (including phenoxy) is 4. The van der Waals surface area contributed by atoms with E-state index >= 15 is 0 Å². The number of alkyl halides is 2. The Labute approximate surface area is 282 Å². The fraction of sp³-hybridized carbons (Fsp3) is 0.625. The molecule has 4 unspecified atom stereocenters. The normalized spacial score (nSPS) is 26.6. The summed E-state index contributed by atoms with van der Waals surface area (Å²) in [7, 11) is -2.40. The van der Waals surface area contributed by atoms with Crippen LogP contribution in [-0.4, -0.2) is 83.2 Å². The van der Waals surface area contributed by atoms with Crippen molar-refractivity contribution in [2.24, 2.45) is 11.8 Å². The van der Waals surface area contributed by atoms with E-state index in [1.54, 1.807) is 45.9 Å². The Hall–Kier alpha value is -2.06. The Balaban J connectivity index is 1.76. The first-order valence-electron chi connectivity index (χ1n) is 14.9. The molecular formula is C32H43Br2NO9Si. The van der Waals surface area contributed by atoms with Crippen LogP contribution in [0, 0.1) is 11.8 Å². The minimum absolute atomic E-state index is 0.0530. The van der Waals surface area contributed by atoms with E-state index in [0.29, 0.717) is 11.5 Å². The molecule has 0 saturated carbocycles. The van der Waals surface area contributed by atoms with Gasteiger partial charge in [-0.25, -0.2) is 0 Å². The molecule has 248 valence electrons. The van der Waals surface area contributed by atoms with Gasteiger partial charge >= 0.3 is 11.9 Å². The highest BCUT2D eigenvalue weighted by molar-refractivity contribution is 9.10. The fourth-order valence-corrected chi connectivity index (χ4v) is 6.62. The number of halogens is 2. The Morgan fingerprint density at radius 3 is 2.00 bits per heavy atom. The summed E-state index contributed by atoms with van der Waals surface area (Å²) < 4.78 is 29.0. The van der Waals surface area contributed by atoms with Crippen molar-refractivity contribution in [2.45, 2.75) is 86.4 Å². The number of hydrogen-bond donors (Lipinski definition) is 0. The molecule has 0 aromatic heterocycles. The molecule has 3 heterocycles. The second-order valence-corrected chi connectivity index (χ2v) is 23.1. The SMILES string of the molecule is CC(C)(Br)C(=O)OCCN1C(=O)C2C(C1=O)C1(CO[Si](C)(C)C(C)(C)C)OC2(COC(=O)C(C)(C)Br)C=C1Oc1ccccc1. The van der Waals surface area contributed by atoms with Gasteiger partial charge in [0.2, 0.25) is 11.8 Å². The number of carbonyl (C=O) groups excluding carboxylic acids is 4. The molecule has 2 fully saturated rings. The maximum absolute atomic E-state index is 14.3. The number of hydrogen-bond acceptors (Lipinski definition) is 9. The van der Waals surface area contributed by atoms with Crippen molar-refractivity contribution < 1.29 is 42.6 Å². The molecule has 2 amide bonds. The number of benzene rings is 1. The van der Waals surface area contributed by atoms with Crippen LogP contribution < -0.4 is 4.74 Å². The molecule has 1 aromatic rings. The van der Waals surface area contributed by atoms with E-state index in [2.05, 4.69) is 65.7 Å². The number of imide groups is 1. The van der Waals surface area contributed by atoms with Gasteiger partial charge in [0.15, 0.2) is 13.9 Å². The predicted molar refractivity (Wildman–Crippen MR) is 176 cm³/mol. The summed E-state index contributed by atoms with van der Waals surface area (Å²) in [6.45, 7) is 16.4. The molecule has 4 rings (SSSR count). The summed E-state index contributed by atoms with van der Waals surface area (Å²) in [4.78, 5) is 54.7. The molecule has 10 nitrogen and oxygen atoms in total. The number of nitrogens with zero attached hydrogens (tertiary/aromatic N) is 1. The highest BCUT2D eigenvalue weighted by atomic mass is 79.9. The van der Waals surface area contributed by atoms with Crippen molar-refractivity contribution in [1.82, 2.24) is 4.90 Å². The van der Waals surface area contributed by atoms with Gasteiger partial charge < -0.3 is 23.4 Å². The largest absolute Gasteiger partial charge is 0.463 e. The van der Waals surface area contributed by atoms with Gasteiger partial charge in [-0.15, -0.1) is 0 Å². The molecule has 45 heavy (non-hydrogen) atoms. The van der Waals surface area contributed by atoms with Gasteiger partial charge in [-0.1, -0.05) is 70.8 Å². The van der Waals surface area contributed by atoms with Gasteiger partial charge in [-0.3, -0.25) is 24.1 Å². The van der Waals surface area contributed by atoms with Crippen molar-refractivity contribution in [1.29, 1.82) is 0 Å². The van der Waals surface area contributed by atoms with E-state index in [4.69, 9.17) is 23.4 Å². The van der Waals surface area contributed by atoms with Crippen molar-refractivity contribution in [2.75, 3.05) is 26.4 Å². The maximum atomic E-state index is 14.3. The average Bonchev–Trinajstić information content (AvgIpc) is 3.49. The number of esters is 2. The average molecular weight is 774 g/mol. The molecule has 4 atom stereocenters. The predicted octanol–water partition coefficient (Wildman–Crippen LogP) is 5.53. The number of fused-ring (bicyclic) bond motifs is 5. The van der Waals surface area contributed by atoms with E-state index in [0.717, 1.165) is 4.90 Å². The second-order valence-electron chi connectivity index (χ2n) is 14.4. The minimum atomic E-state index is -2.40. The molecule has 3 aliphatic rings. The highest BCUT2D eigenvalue weighted by Gasteiger charge is 2.77. The number of likely N-dealkylation sites (tertiary alicyclic amines) is 1. The standard InChI is InChI=1S/C32H43Br2NO9Si/c1-28(2,3)45(8,9)42-19-32-21(43-20-13-11-10-12-14-20)17-31(44-32,18-41-27(39)30(6,7)34)22-23(32)25(37)35(24(22)36)15-16-40-26(38)29(4,5)33/h10-14,17,22-23H,15-16,18-19H2,1-9H3. The maximum Gasteiger partial charge on any atom is 0.322 e. The van der Waals surface area contributed by atoms with E-state index in [1.165, 1.54) is 0 Å². The molecule has 2 bridgehead atoms. The van der Waals surface area contributed by atoms with Gasteiger partial charge in [0.05, 0.1) is 25.0 Å². The lowest BCUT2D eigenvalue weighted by atomic mass is 9.71. The van der Waals surface area contributed by atoms with E-state index in [-0.39, 0.29) is 31.4 Å². The third kappa shape index (κ3) is 6.83. The lowest BCUT2D eigenvalue weighted by molar-refractivity contribution is -0.165. The van der Waals surface area contributed by atoms with Crippen molar-refractivity contribution in [3.8, 4) is 5.75 Å². The Bertz CT molecular complexity index is 1380. The van der Waals surface area contributed by atoms with Crippen molar-refractivity contribution in [3.63, 3.8) is 0 Å². The van der Waals surface area contributed by atoms with Crippen LogP contribution in [0.2, 0.25) is 18.1 Å². The molecule has 2 saturated heterocycles. The topological polar surface area (TPSA) is 118 Å². The lowest BCUT2D eigenvalue weighted by Crippen LogP contribution is -2.52. The van der Waals surface area contributed by atoms with Crippen LogP contribution >= 0.6 is 31.9 Å². The van der Waals surface area contributed by atoms with Gasteiger partial charge in [-0.05, 0) is 64.0 Å². The molecule has 1 aromatic carbocycles. The van der Waals surface area contributed by atoms with E-state index in [1.807, 2.05) is 18.2 Å². The van der Waals surface area contributed by atoms with E-state index in [9.17, 15) is 19.2 Å². The second kappa shape index (κ2) is 12.2. The fourth-order valence-electron chi connectivity index (χ4n) is 5.38. The summed E-state index contributed by atoms with van der Waals surface area (Å²) in [5.74, 6) is -3.30. The van der Waals surface area contributed by atoms with E-state index < -0.39 is 63.8 Å². The van der Waals surface area contributed by atoms with Crippen LogP contribution in [0.1, 0.15) is 48.5 Å². The zero-order valence-corrected chi connectivity index (χ0v) is 31.5. The minimum Gasteiger partial charge on any atom is -0.463 e. The first-order valence-corrected chi connectivity index (χ1v) is 19.4. The monoisotopic (exact) mass is 771 g/mol. The zero-order valence-electron chi connectivity index (χ0n) is 27.3. The molecule has 0 aliphatic carbocycles. The Morgan fingerprint density at radius 2 is 1.44 bits per heavy atom. The molecule has 3 aliphatic heterocycles. The molecule has 13 heteroatoms. The third-order valence-electron chi connectivity index (χ3n) is 8.96. The summed E-state index contributed by atoms with van der Waals surface area (Å²) in [5.41, 5.74) is -2.99. The van der Waals surface area contributed by atoms with Crippen molar-refractivity contribution >= 4 is 63.9 Å². The van der Waals surface area contributed by atoms with Crippen LogP contribution in [0.15, 0.2) is 42.2 Å². The molecule has 0 spiro atoms. The third-order valence-corrected chi connectivity index (χ3v) is 14.1.